The standard InChI is InChI=1S/C26H27ClN2O3/c1-28(16-18-9-11-20(27)12-10-18)25(30)19-6-5-15-29(17-19)26(31)23-13-14-24(32-2)22-8-4-3-7-21(22)23/h3-4,7-14,19H,5-6,15-17H2,1-2H3/t19-/m0/s1. The summed E-state index contributed by atoms with van der Waals surface area (Å²) in [6.07, 6.45) is 1.60. The van der Waals surface area contributed by atoms with Gasteiger partial charge in [-0.15, -0.1) is 0 Å². The summed E-state index contributed by atoms with van der Waals surface area (Å²) in [6, 6.07) is 18.9. The fraction of sp³-hybridized carbons (Fsp3) is 0.308. The molecule has 32 heavy (non-hydrogen) atoms. The lowest BCUT2D eigenvalue weighted by Crippen LogP contribution is -2.45. The van der Waals surface area contributed by atoms with Crippen LogP contribution in [0.2, 0.25) is 5.02 Å². The Bertz CT molecular complexity index is 1130. The Labute approximate surface area is 193 Å². The van der Waals surface area contributed by atoms with E-state index in [9.17, 15) is 9.59 Å². The minimum Gasteiger partial charge on any atom is -0.496 e. The Morgan fingerprint density at radius 3 is 2.50 bits per heavy atom. The van der Waals surface area contributed by atoms with Crippen LogP contribution in [0.5, 0.6) is 5.75 Å². The lowest BCUT2D eigenvalue weighted by molar-refractivity contribution is -0.136. The second-order valence-electron chi connectivity index (χ2n) is 8.27. The van der Waals surface area contributed by atoms with Crippen molar-refractivity contribution in [2.45, 2.75) is 19.4 Å². The number of carbonyl (C=O) groups excluding carboxylic acids is 2. The third kappa shape index (κ3) is 4.58. The van der Waals surface area contributed by atoms with E-state index in [1.807, 2.05) is 72.6 Å². The van der Waals surface area contributed by atoms with Gasteiger partial charge in [0, 0.05) is 42.7 Å². The quantitative estimate of drug-likeness (QED) is 0.548. The van der Waals surface area contributed by atoms with Gasteiger partial charge in [0.2, 0.25) is 5.91 Å². The molecule has 0 saturated carbocycles. The van der Waals surface area contributed by atoms with Gasteiger partial charge < -0.3 is 14.5 Å². The molecule has 166 valence electrons. The fourth-order valence-corrected chi connectivity index (χ4v) is 4.55. The largest absolute Gasteiger partial charge is 0.496 e. The smallest absolute Gasteiger partial charge is 0.254 e. The van der Waals surface area contributed by atoms with Gasteiger partial charge in [-0.25, -0.2) is 0 Å². The predicted molar refractivity (Wildman–Crippen MR) is 127 cm³/mol. The van der Waals surface area contributed by atoms with Crippen LogP contribution in [0.3, 0.4) is 0 Å². The highest BCUT2D eigenvalue weighted by Gasteiger charge is 2.31. The first-order valence-electron chi connectivity index (χ1n) is 10.8. The maximum absolute atomic E-state index is 13.4. The van der Waals surface area contributed by atoms with Gasteiger partial charge in [-0.05, 0) is 48.1 Å². The van der Waals surface area contributed by atoms with Crippen LogP contribution >= 0.6 is 11.6 Å². The van der Waals surface area contributed by atoms with Gasteiger partial charge >= 0.3 is 0 Å². The van der Waals surface area contributed by atoms with Crippen molar-refractivity contribution in [2.24, 2.45) is 5.92 Å². The number of piperidine rings is 1. The number of hydrogen-bond donors (Lipinski definition) is 0. The summed E-state index contributed by atoms with van der Waals surface area (Å²) in [6.45, 7) is 1.61. The molecule has 1 fully saturated rings. The van der Waals surface area contributed by atoms with E-state index in [1.165, 1.54) is 0 Å². The van der Waals surface area contributed by atoms with E-state index in [0.717, 1.165) is 34.9 Å². The minimum absolute atomic E-state index is 0.0401. The molecule has 6 heteroatoms. The van der Waals surface area contributed by atoms with Crippen molar-refractivity contribution in [2.75, 3.05) is 27.2 Å². The molecular weight excluding hydrogens is 424 g/mol. The molecule has 0 spiro atoms. The number of amides is 2. The molecule has 2 amide bonds. The van der Waals surface area contributed by atoms with Gasteiger partial charge in [0.25, 0.3) is 5.91 Å². The molecule has 1 aliphatic heterocycles. The molecule has 4 rings (SSSR count). The summed E-state index contributed by atoms with van der Waals surface area (Å²) in [7, 11) is 3.44. The van der Waals surface area contributed by atoms with Crippen LogP contribution in [0.25, 0.3) is 10.8 Å². The van der Waals surface area contributed by atoms with Crippen LogP contribution in [0.1, 0.15) is 28.8 Å². The number of rotatable bonds is 5. The van der Waals surface area contributed by atoms with E-state index in [-0.39, 0.29) is 17.7 Å². The average molecular weight is 451 g/mol. The monoisotopic (exact) mass is 450 g/mol. The zero-order chi connectivity index (χ0) is 22.7. The van der Waals surface area contributed by atoms with Crippen molar-refractivity contribution in [1.29, 1.82) is 0 Å². The van der Waals surface area contributed by atoms with E-state index >= 15 is 0 Å². The number of halogens is 1. The second-order valence-corrected chi connectivity index (χ2v) is 8.71. The van der Waals surface area contributed by atoms with Crippen molar-refractivity contribution >= 4 is 34.2 Å². The van der Waals surface area contributed by atoms with E-state index in [4.69, 9.17) is 16.3 Å². The van der Waals surface area contributed by atoms with Crippen LogP contribution in [0, 0.1) is 5.92 Å². The Hall–Kier alpha value is -3.05. The van der Waals surface area contributed by atoms with Gasteiger partial charge in [0.05, 0.1) is 13.0 Å². The van der Waals surface area contributed by atoms with Crippen LogP contribution in [-0.4, -0.2) is 48.9 Å². The number of carbonyl (C=O) groups is 2. The van der Waals surface area contributed by atoms with Crippen LogP contribution < -0.4 is 4.74 Å². The third-order valence-corrected chi connectivity index (χ3v) is 6.35. The Morgan fingerprint density at radius 1 is 1.06 bits per heavy atom. The van der Waals surface area contributed by atoms with Gasteiger partial charge in [-0.1, -0.05) is 48.0 Å². The lowest BCUT2D eigenvalue weighted by Gasteiger charge is -2.34. The molecule has 0 unspecified atom stereocenters. The summed E-state index contributed by atoms with van der Waals surface area (Å²) in [5.41, 5.74) is 1.67. The van der Waals surface area contributed by atoms with E-state index in [2.05, 4.69) is 0 Å². The average Bonchev–Trinajstić information content (AvgIpc) is 2.84. The highest BCUT2D eigenvalue weighted by Crippen LogP contribution is 2.30. The molecule has 1 heterocycles. The molecule has 1 atom stereocenters. The van der Waals surface area contributed by atoms with Gasteiger partial charge in [0.1, 0.15) is 5.75 Å². The molecule has 1 aliphatic rings. The number of ether oxygens (including phenoxy) is 1. The molecule has 0 aliphatic carbocycles. The summed E-state index contributed by atoms with van der Waals surface area (Å²) in [5.74, 6) is 0.570. The van der Waals surface area contributed by atoms with Crippen molar-refractivity contribution in [3.63, 3.8) is 0 Å². The zero-order valence-electron chi connectivity index (χ0n) is 18.4. The van der Waals surface area contributed by atoms with Gasteiger partial charge in [-0.3, -0.25) is 9.59 Å². The van der Waals surface area contributed by atoms with Gasteiger partial charge in [-0.2, -0.15) is 0 Å². The van der Waals surface area contributed by atoms with Crippen molar-refractivity contribution in [3.8, 4) is 5.75 Å². The summed E-state index contributed by atoms with van der Waals surface area (Å²) in [5, 5.41) is 2.45. The summed E-state index contributed by atoms with van der Waals surface area (Å²) < 4.78 is 5.46. The Kier molecular flexibility index (Phi) is 6.66. The van der Waals surface area contributed by atoms with E-state index in [0.29, 0.717) is 30.2 Å². The molecule has 1 saturated heterocycles. The third-order valence-electron chi connectivity index (χ3n) is 6.10. The highest BCUT2D eigenvalue weighted by molar-refractivity contribution is 6.30. The van der Waals surface area contributed by atoms with Crippen LogP contribution in [0.4, 0.5) is 0 Å². The molecular formula is C26H27ClN2O3. The van der Waals surface area contributed by atoms with Gasteiger partial charge in [0.15, 0.2) is 0 Å². The lowest BCUT2D eigenvalue weighted by atomic mass is 9.95. The topological polar surface area (TPSA) is 49.9 Å². The van der Waals surface area contributed by atoms with Crippen LogP contribution in [0.15, 0.2) is 60.7 Å². The molecule has 0 N–H and O–H groups in total. The zero-order valence-corrected chi connectivity index (χ0v) is 19.1. The molecule has 3 aromatic carbocycles. The Balaban J connectivity index is 1.49. The summed E-state index contributed by atoms with van der Waals surface area (Å²) in [4.78, 5) is 30.1. The normalized spacial score (nSPS) is 16.1. The first-order valence-corrected chi connectivity index (χ1v) is 11.2. The maximum atomic E-state index is 13.4. The maximum Gasteiger partial charge on any atom is 0.254 e. The van der Waals surface area contributed by atoms with E-state index < -0.39 is 0 Å². The number of methoxy groups -OCH3 is 1. The number of nitrogens with zero attached hydrogens (tertiary/aromatic N) is 2. The van der Waals surface area contributed by atoms with Crippen molar-refractivity contribution in [3.05, 3.63) is 76.8 Å². The van der Waals surface area contributed by atoms with Crippen LogP contribution in [-0.2, 0) is 11.3 Å². The first kappa shape index (κ1) is 22.2. The molecule has 0 radical (unpaired) electrons. The van der Waals surface area contributed by atoms with Crippen molar-refractivity contribution in [1.82, 2.24) is 9.80 Å². The van der Waals surface area contributed by atoms with E-state index in [1.54, 1.807) is 12.0 Å². The number of hydrogen-bond acceptors (Lipinski definition) is 3. The fourth-order valence-electron chi connectivity index (χ4n) is 4.42. The molecule has 0 bridgehead atoms. The SMILES string of the molecule is COc1ccc(C(=O)N2CCC[C@H](C(=O)N(C)Cc3ccc(Cl)cc3)C2)c2ccccc12. The first-order chi connectivity index (χ1) is 15.5. The molecule has 0 aromatic heterocycles. The number of fused-ring (bicyclic) bond motifs is 1. The highest BCUT2D eigenvalue weighted by atomic mass is 35.5. The predicted octanol–water partition coefficient (Wildman–Crippen LogP) is 5.01. The number of benzene rings is 3. The minimum atomic E-state index is -0.200. The Morgan fingerprint density at radius 2 is 1.78 bits per heavy atom. The molecule has 3 aromatic rings. The molecule has 5 nitrogen and oxygen atoms in total. The summed E-state index contributed by atoms with van der Waals surface area (Å²) >= 11 is 5.96. The second kappa shape index (κ2) is 9.61. The number of likely N-dealkylation sites (tertiary alicyclic amines) is 1. The van der Waals surface area contributed by atoms with Crippen molar-refractivity contribution < 1.29 is 14.3 Å².